The van der Waals surface area contributed by atoms with Crippen molar-refractivity contribution in [1.82, 2.24) is 15.3 Å². The Labute approximate surface area is 262 Å². The predicted octanol–water partition coefficient (Wildman–Crippen LogP) is 6.35. The molecule has 0 bridgehead atoms. The maximum Gasteiger partial charge on any atom is 0.272 e. The minimum Gasteiger partial charge on any atom is -0.497 e. The van der Waals surface area contributed by atoms with Crippen LogP contribution in [0.15, 0.2) is 119 Å². The topological polar surface area (TPSA) is 122 Å². The maximum absolute atomic E-state index is 13.3. The monoisotopic (exact) mass is 621 g/mol. The smallest absolute Gasteiger partial charge is 0.272 e. The highest BCUT2D eigenvalue weighted by atomic mass is 32.2. The van der Waals surface area contributed by atoms with Crippen LogP contribution in [0.1, 0.15) is 15.9 Å². The summed E-state index contributed by atoms with van der Waals surface area (Å²) >= 11 is 2.66. The van der Waals surface area contributed by atoms with Gasteiger partial charge in [0.05, 0.1) is 18.6 Å². The van der Waals surface area contributed by atoms with Crippen molar-refractivity contribution in [3.8, 4) is 17.0 Å². The Bertz CT molecular complexity index is 1790. The second kappa shape index (κ2) is 14.8. The number of aromatic nitrogens is 2. The molecule has 3 amide bonds. The highest BCUT2D eigenvalue weighted by Gasteiger charge is 2.16. The van der Waals surface area contributed by atoms with Crippen molar-refractivity contribution in [2.45, 2.75) is 4.90 Å². The van der Waals surface area contributed by atoms with Gasteiger partial charge in [-0.15, -0.1) is 23.1 Å². The summed E-state index contributed by atoms with van der Waals surface area (Å²) < 4.78 is 5.28. The van der Waals surface area contributed by atoms with Crippen molar-refractivity contribution in [1.29, 1.82) is 0 Å². The van der Waals surface area contributed by atoms with Crippen LogP contribution in [0, 0.1) is 0 Å². The van der Waals surface area contributed by atoms with Gasteiger partial charge in [-0.05, 0) is 60.2 Å². The number of nitrogens with one attached hydrogen (secondary N) is 3. The number of carbonyl (C=O) groups excluding carboxylic acids is 3. The van der Waals surface area contributed by atoms with E-state index in [-0.39, 0.29) is 17.4 Å². The summed E-state index contributed by atoms with van der Waals surface area (Å²) in [6.07, 6.45) is 4.78. The molecule has 0 saturated heterocycles. The van der Waals surface area contributed by atoms with E-state index in [0.717, 1.165) is 21.9 Å². The summed E-state index contributed by atoms with van der Waals surface area (Å²) in [7, 11) is 1.61. The number of rotatable bonds is 11. The molecule has 220 valence electrons. The Hall–Kier alpha value is -5.26. The lowest BCUT2D eigenvalue weighted by molar-refractivity contribution is -0.114. The van der Waals surface area contributed by atoms with Gasteiger partial charge in [-0.1, -0.05) is 42.5 Å². The highest BCUT2D eigenvalue weighted by molar-refractivity contribution is 8.00. The van der Waals surface area contributed by atoms with Crippen LogP contribution in [0.3, 0.4) is 0 Å². The van der Waals surface area contributed by atoms with Gasteiger partial charge in [0.15, 0.2) is 5.13 Å². The third-order valence-corrected chi connectivity index (χ3v) is 7.85. The number of nitrogens with zero attached hydrogens (tertiary/aromatic N) is 2. The summed E-state index contributed by atoms with van der Waals surface area (Å²) in [5.41, 5.74) is 3.28. The van der Waals surface area contributed by atoms with Gasteiger partial charge in [0.25, 0.3) is 11.8 Å². The molecule has 0 aliphatic carbocycles. The van der Waals surface area contributed by atoms with Crippen LogP contribution in [0.4, 0.5) is 10.8 Å². The summed E-state index contributed by atoms with van der Waals surface area (Å²) in [4.78, 5) is 48.2. The largest absolute Gasteiger partial charge is 0.497 e. The van der Waals surface area contributed by atoms with Crippen LogP contribution in [-0.4, -0.2) is 40.6 Å². The van der Waals surface area contributed by atoms with E-state index >= 15 is 0 Å². The second-order valence-corrected chi connectivity index (χ2v) is 11.2. The summed E-state index contributed by atoms with van der Waals surface area (Å²) in [6, 6.07) is 26.9. The zero-order valence-corrected chi connectivity index (χ0v) is 25.2. The van der Waals surface area contributed by atoms with Crippen molar-refractivity contribution in [2.24, 2.45) is 0 Å². The number of amides is 3. The quantitative estimate of drug-likeness (QED) is 0.116. The molecule has 0 saturated carbocycles. The molecule has 0 fully saturated rings. The van der Waals surface area contributed by atoms with Crippen LogP contribution in [0.25, 0.3) is 17.3 Å². The van der Waals surface area contributed by atoms with Crippen LogP contribution >= 0.6 is 23.1 Å². The lowest BCUT2D eigenvalue weighted by atomic mass is 10.2. The Morgan fingerprint density at radius 3 is 2.57 bits per heavy atom. The molecule has 0 aliphatic rings. The van der Waals surface area contributed by atoms with Gasteiger partial charge in [-0.2, -0.15) is 0 Å². The van der Waals surface area contributed by atoms with Crippen LogP contribution < -0.4 is 20.7 Å². The average molecular weight is 622 g/mol. The number of pyridine rings is 1. The van der Waals surface area contributed by atoms with E-state index in [1.54, 1.807) is 80.2 Å². The van der Waals surface area contributed by atoms with Crippen molar-refractivity contribution < 1.29 is 19.1 Å². The van der Waals surface area contributed by atoms with Gasteiger partial charge in [-0.3, -0.25) is 19.4 Å². The Morgan fingerprint density at radius 2 is 1.77 bits per heavy atom. The fourth-order valence-corrected chi connectivity index (χ4v) is 5.47. The van der Waals surface area contributed by atoms with Gasteiger partial charge in [-0.25, -0.2) is 4.98 Å². The van der Waals surface area contributed by atoms with Gasteiger partial charge in [0, 0.05) is 39.5 Å². The fraction of sp³-hybridized carbons (Fsp3) is 0.0606. The molecule has 0 unspecified atom stereocenters. The van der Waals surface area contributed by atoms with Gasteiger partial charge in [0.2, 0.25) is 5.91 Å². The molecule has 11 heteroatoms. The lowest BCUT2D eigenvalue weighted by Gasteiger charge is -2.12. The summed E-state index contributed by atoms with van der Waals surface area (Å²) in [5.74, 6) is -0.254. The highest BCUT2D eigenvalue weighted by Crippen LogP contribution is 2.28. The minimum absolute atomic E-state index is 0.0565. The van der Waals surface area contributed by atoms with E-state index in [1.807, 2.05) is 41.8 Å². The lowest BCUT2D eigenvalue weighted by Crippen LogP contribution is -2.30. The Balaban J connectivity index is 1.21. The van der Waals surface area contributed by atoms with Gasteiger partial charge < -0.3 is 20.7 Å². The molecule has 2 heterocycles. The van der Waals surface area contributed by atoms with Crippen LogP contribution in [0.2, 0.25) is 0 Å². The molecule has 0 atom stereocenters. The first-order valence-corrected chi connectivity index (χ1v) is 15.3. The number of thiazole rings is 1. The molecule has 2 aromatic heterocycles. The minimum atomic E-state index is -0.506. The van der Waals surface area contributed by atoms with E-state index in [1.165, 1.54) is 23.1 Å². The Morgan fingerprint density at radius 1 is 0.932 bits per heavy atom. The van der Waals surface area contributed by atoms with E-state index in [2.05, 4.69) is 25.9 Å². The first-order valence-electron chi connectivity index (χ1n) is 13.4. The number of hydrogen-bond donors (Lipinski definition) is 3. The number of benzene rings is 3. The van der Waals surface area contributed by atoms with Crippen LogP contribution in [-0.2, 0) is 9.59 Å². The second-order valence-electron chi connectivity index (χ2n) is 9.25. The third kappa shape index (κ3) is 8.40. The zero-order chi connectivity index (χ0) is 30.7. The normalized spacial score (nSPS) is 11.0. The van der Waals surface area contributed by atoms with E-state index in [9.17, 15) is 14.4 Å². The fourth-order valence-electron chi connectivity index (χ4n) is 3.98. The molecule has 0 radical (unpaired) electrons. The number of thioether (sulfide) groups is 1. The summed E-state index contributed by atoms with van der Waals surface area (Å²) in [5, 5.41) is 10.8. The predicted molar refractivity (Wildman–Crippen MR) is 175 cm³/mol. The number of carbonyl (C=O) groups is 3. The van der Waals surface area contributed by atoms with Crippen molar-refractivity contribution >= 4 is 57.7 Å². The third-order valence-electron chi connectivity index (χ3n) is 6.10. The molecule has 5 aromatic rings. The molecule has 3 N–H and O–H groups in total. The van der Waals surface area contributed by atoms with E-state index < -0.39 is 11.8 Å². The Kier molecular flexibility index (Phi) is 10.1. The molecule has 44 heavy (non-hydrogen) atoms. The van der Waals surface area contributed by atoms with Crippen molar-refractivity contribution in [3.05, 3.63) is 126 Å². The summed E-state index contributed by atoms with van der Waals surface area (Å²) in [6.45, 7) is 0. The van der Waals surface area contributed by atoms with E-state index in [0.29, 0.717) is 21.9 Å². The SMILES string of the molecule is COc1cccc(-c2csc(NC(=O)CSc3cccc(NC(=O)/C(=C/c4cccnc4)NC(=O)c4ccccc4)c3)n2)c1. The van der Waals surface area contributed by atoms with Crippen molar-refractivity contribution in [2.75, 3.05) is 23.5 Å². The molecular formula is C33H27N5O4S2. The molecular weight excluding hydrogens is 595 g/mol. The average Bonchev–Trinajstić information content (AvgIpc) is 3.53. The number of hydrogen-bond acceptors (Lipinski definition) is 8. The molecule has 3 aromatic carbocycles. The molecule has 9 nitrogen and oxygen atoms in total. The standard InChI is InChI=1S/C33H27N5O4S2/c1-42-26-13-5-11-24(17-26)29-20-44-33(37-29)38-30(39)21-43-27-14-6-12-25(18-27)35-32(41)28(16-22-8-7-15-34-19-22)36-31(40)23-9-3-2-4-10-23/h2-20H,21H2,1H3,(H,35,41)(H,36,40)(H,37,38,39)/b28-16-. The maximum atomic E-state index is 13.3. The number of anilines is 2. The van der Waals surface area contributed by atoms with Crippen LogP contribution in [0.5, 0.6) is 5.75 Å². The first-order chi connectivity index (χ1) is 21.5. The molecule has 5 rings (SSSR count). The number of ether oxygens (including phenoxy) is 1. The zero-order valence-electron chi connectivity index (χ0n) is 23.5. The van der Waals surface area contributed by atoms with Gasteiger partial charge in [0.1, 0.15) is 11.4 Å². The van der Waals surface area contributed by atoms with E-state index in [4.69, 9.17) is 4.74 Å². The molecule has 0 aliphatic heterocycles. The molecule has 0 spiro atoms. The van der Waals surface area contributed by atoms with Gasteiger partial charge >= 0.3 is 0 Å². The van der Waals surface area contributed by atoms with Crippen molar-refractivity contribution in [3.63, 3.8) is 0 Å². The first kappa shape index (κ1) is 30.2. The number of methoxy groups -OCH3 is 1.